The Bertz CT molecular complexity index is 5080. The third kappa shape index (κ3) is 8.79. The summed E-state index contributed by atoms with van der Waals surface area (Å²) in [7, 11) is 0. The number of nitrogens with zero attached hydrogens (tertiary/aromatic N) is 4. The van der Waals surface area contributed by atoms with Crippen LogP contribution in [0.15, 0.2) is 267 Å². The van der Waals surface area contributed by atoms with E-state index in [9.17, 15) is 0 Å². The van der Waals surface area contributed by atoms with E-state index in [-0.39, 0.29) is 16.2 Å². The molecule has 0 saturated heterocycles. The van der Waals surface area contributed by atoms with E-state index in [0.29, 0.717) is 0 Å². The highest BCUT2D eigenvalue weighted by atomic mass is 15.2. The van der Waals surface area contributed by atoms with Crippen LogP contribution in [0.2, 0.25) is 0 Å². The first kappa shape index (κ1) is 54.2. The number of anilines is 6. The molecular weight excluding hydrogens is 1100 g/mol. The van der Waals surface area contributed by atoms with Crippen molar-refractivity contribution < 1.29 is 0 Å². The molecule has 0 bridgehead atoms. The quantitative estimate of drug-likeness (QED) is 0.128. The van der Waals surface area contributed by atoms with Gasteiger partial charge in [0.15, 0.2) is 0 Å². The Hall–Kier alpha value is -10.9. The van der Waals surface area contributed by atoms with Crippen molar-refractivity contribution in [3.63, 3.8) is 0 Å². The van der Waals surface area contributed by atoms with Crippen molar-refractivity contribution in [1.29, 1.82) is 0 Å². The van der Waals surface area contributed by atoms with Crippen LogP contribution in [-0.4, -0.2) is 9.97 Å². The lowest BCUT2D eigenvalue weighted by molar-refractivity contribution is 0.660. The zero-order valence-electron chi connectivity index (χ0n) is 52.0. The van der Waals surface area contributed by atoms with Crippen LogP contribution in [0.4, 0.5) is 34.4 Å². The highest BCUT2D eigenvalue weighted by molar-refractivity contribution is 6.01. The largest absolute Gasteiger partial charge is 0.295 e. The topological polar surface area (TPSA) is 32.3 Å². The first-order chi connectivity index (χ1) is 44.3. The van der Waals surface area contributed by atoms with Crippen molar-refractivity contribution in [2.45, 2.75) is 57.8 Å². The summed E-state index contributed by atoms with van der Waals surface area (Å²) in [5, 5.41) is 9.38. The number of fused-ring (bicyclic) bond motifs is 13. The molecule has 17 rings (SSSR count). The van der Waals surface area contributed by atoms with Gasteiger partial charge in [0.25, 0.3) is 0 Å². The zero-order chi connectivity index (χ0) is 61.3. The van der Waals surface area contributed by atoms with Gasteiger partial charge in [-0.2, -0.15) is 0 Å². The van der Waals surface area contributed by atoms with E-state index in [1.165, 1.54) is 111 Å². The molecule has 3 aliphatic carbocycles. The monoisotopic (exact) mass is 1170 g/mol. The molecule has 0 aliphatic heterocycles. The van der Waals surface area contributed by atoms with Crippen LogP contribution in [0, 0.1) is 0 Å². The first-order valence-electron chi connectivity index (χ1n) is 31.8. The van der Waals surface area contributed by atoms with Gasteiger partial charge in [0.05, 0.1) is 0 Å². The van der Waals surface area contributed by atoms with E-state index >= 15 is 0 Å². The smallest absolute Gasteiger partial charge is 0.145 e. The summed E-state index contributed by atoms with van der Waals surface area (Å²) in [4.78, 5) is 14.8. The maximum atomic E-state index is 5.08. The van der Waals surface area contributed by atoms with Gasteiger partial charge in [-0.3, -0.25) is 9.80 Å². The SMILES string of the molecule is CC1(C)c2cc(C=Cc3ccc4c(c3)C(C)(C)c3cc(N(c5ccc6ccccc6c5)c5nccc6ccccc56)ccc3-4)ccc2-c2ccc(C=Cc3ccc4c(c3)C(C)(C)c3cc(N(c5ccc6ccccc6c5)c5nccc6ccccc56)ccc3-4)cc21. The van der Waals surface area contributed by atoms with Gasteiger partial charge in [-0.25, -0.2) is 9.97 Å². The van der Waals surface area contributed by atoms with E-state index < -0.39 is 0 Å². The molecule has 12 aromatic carbocycles. The summed E-state index contributed by atoms with van der Waals surface area (Å²) in [6, 6.07) is 94.1. The summed E-state index contributed by atoms with van der Waals surface area (Å²) in [5.41, 5.74) is 24.3. The second-order valence-corrected chi connectivity index (χ2v) is 26.7. The number of rotatable bonds is 10. The molecule has 0 fully saturated rings. The van der Waals surface area contributed by atoms with E-state index in [1.807, 2.05) is 12.4 Å². The van der Waals surface area contributed by atoms with Gasteiger partial charge in [-0.05, 0) is 182 Å². The van der Waals surface area contributed by atoms with E-state index in [1.54, 1.807) is 0 Å². The Morgan fingerprint density at radius 1 is 0.253 bits per heavy atom. The molecule has 91 heavy (non-hydrogen) atoms. The summed E-state index contributed by atoms with van der Waals surface area (Å²) in [6.45, 7) is 14.3. The zero-order valence-corrected chi connectivity index (χ0v) is 52.0. The number of pyridine rings is 2. The summed E-state index contributed by atoms with van der Waals surface area (Å²) in [5.74, 6) is 1.84. The molecule has 14 aromatic rings. The van der Waals surface area contributed by atoms with Gasteiger partial charge >= 0.3 is 0 Å². The van der Waals surface area contributed by atoms with Crippen LogP contribution in [0.3, 0.4) is 0 Å². The molecule has 4 nitrogen and oxygen atoms in total. The van der Waals surface area contributed by atoms with Crippen LogP contribution >= 0.6 is 0 Å². The Morgan fingerprint density at radius 3 is 0.879 bits per heavy atom. The van der Waals surface area contributed by atoms with Crippen LogP contribution in [-0.2, 0) is 16.2 Å². The average molecular weight is 1170 g/mol. The minimum Gasteiger partial charge on any atom is -0.295 e. The summed E-state index contributed by atoms with van der Waals surface area (Å²) >= 11 is 0. The highest BCUT2D eigenvalue weighted by Gasteiger charge is 2.39. The Kier molecular flexibility index (Phi) is 12.3. The Labute approximate surface area is 532 Å². The van der Waals surface area contributed by atoms with Crippen molar-refractivity contribution in [1.82, 2.24) is 9.97 Å². The van der Waals surface area contributed by atoms with Crippen LogP contribution < -0.4 is 9.80 Å². The molecule has 0 saturated carbocycles. The van der Waals surface area contributed by atoms with E-state index in [0.717, 1.165) is 55.9 Å². The van der Waals surface area contributed by atoms with Gasteiger partial charge in [-0.15, -0.1) is 0 Å². The van der Waals surface area contributed by atoms with E-state index in [2.05, 4.69) is 330 Å². The van der Waals surface area contributed by atoms with Crippen molar-refractivity contribution in [3.05, 3.63) is 323 Å². The predicted molar refractivity (Wildman–Crippen MR) is 385 cm³/mol. The standard InChI is InChI=1S/C87H66N4/c1-85(2)77-47-55(23-25-57-29-39-73-75-41-35-67(53-81(75)86(3,4)79(73)49-57)90(65-33-31-59-15-7-9-19-63(59)51-65)83-69-21-13-11-17-61(69)43-45-88-83)27-37-71(77)72-38-28-56(48-78(72)85)24-26-58-30-40-74-76-42-36-68(54-82(76)87(5,6)80(74)50-58)91(66-34-32-60-16-8-10-20-64(60)52-66)84-70-22-14-12-18-62(70)44-46-89-84/h7-54H,1-6H3. The molecule has 0 spiro atoms. The molecule has 4 heteroatoms. The van der Waals surface area contributed by atoms with Gasteiger partial charge in [0, 0.05) is 62.2 Å². The minimum absolute atomic E-state index is 0.177. The van der Waals surface area contributed by atoms with Crippen molar-refractivity contribution in [2.75, 3.05) is 9.80 Å². The fraction of sp³-hybridized carbons (Fsp3) is 0.103. The third-order valence-electron chi connectivity index (χ3n) is 20.3. The first-order valence-corrected chi connectivity index (χ1v) is 31.8. The van der Waals surface area contributed by atoms with Crippen molar-refractivity contribution in [2.24, 2.45) is 0 Å². The number of hydrogen-bond acceptors (Lipinski definition) is 4. The molecule has 434 valence electrons. The molecule has 0 amide bonds. The maximum absolute atomic E-state index is 5.08. The lowest BCUT2D eigenvalue weighted by atomic mass is 9.81. The Balaban J connectivity index is 0.623. The lowest BCUT2D eigenvalue weighted by Gasteiger charge is -2.28. The number of hydrogen-bond donors (Lipinski definition) is 0. The molecule has 0 N–H and O–H groups in total. The lowest BCUT2D eigenvalue weighted by Crippen LogP contribution is -2.17. The number of aromatic nitrogens is 2. The van der Waals surface area contributed by atoms with Gasteiger partial charge in [0.1, 0.15) is 11.6 Å². The molecule has 2 aromatic heterocycles. The van der Waals surface area contributed by atoms with Gasteiger partial charge in [-0.1, -0.05) is 260 Å². The van der Waals surface area contributed by atoms with Crippen molar-refractivity contribution in [3.8, 4) is 33.4 Å². The Morgan fingerprint density at radius 2 is 0.527 bits per heavy atom. The fourth-order valence-corrected chi connectivity index (χ4v) is 15.3. The van der Waals surface area contributed by atoms with Crippen LogP contribution in [0.5, 0.6) is 0 Å². The number of benzene rings is 12. The van der Waals surface area contributed by atoms with Crippen molar-refractivity contribution >= 4 is 102 Å². The second-order valence-electron chi connectivity index (χ2n) is 26.7. The summed E-state index contributed by atoms with van der Waals surface area (Å²) < 4.78 is 0. The highest BCUT2D eigenvalue weighted by Crippen LogP contribution is 2.55. The van der Waals surface area contributed by atoms with Gasteiger partial charge < -0.3 is 0 Å². The molecule has 0 atom stereocenters. The molecule has 3 aliphatic rings. The summed E-state index contributed by atoms with van der Waals surface area (Å²) in [6.07, 6.45) is 13.0. The molecule has 0 radical (unpaired) electrons. The molecule has 0 unspecified atom stereocenters. The second kappa shape index (κ2) is 20.6. The minimum atomic E-state index is -0.236. The predicted octanol–water partition coefficient (Wildman–Crippen LogP) is 23.3. The average Bonchev–Trinajstić information content (AvgIpc) is 1.63. The van der Waals surface area contributed by atoms with Crippen LogP contribution in [0.1, 0.15) is 97.2 Å². The maximum Gasteiger partial charge on any atom is 0.145 e. The van der Waals surface area contributed by atoms with Gasteiger partial charge in [0.2, 0.25) is 0 Å². The molecular formula is C87H66N4. The molecule has 2 heterocycles. The van der Waals surface area contributed by atoms with Crippen LogP contribution in [0.25, 0.3) is 101 Å². The fourth-order valence-electron chi connectivity index (χ4n) is 15.3. The van der Waals surface area contributed by atoms with E-state index in [4.69, 9.17) is 9.97 Å². The third-order valence-corrected chi connectivity index (χ3v) is 20.3. The normalized spacial score (nSPS) is 14.4.